The minimum Gasteiger partial charge on any atom is -0.481 e. The highest BCUT2D eigenvalue weighted by Gasteiger charge is 2.26. The third-order valence-corrected chi connectivity index (χ3v) is 6.51. The first-order valence-corrected chi connectivity index (χ1v) is 11.4. The Labute approximate surface area is 189 Å². The topological polar surface area (TPSA) is 48.1 Å². The average molecular weight is 441 g/mol. The van der Waals surface area contributed by atoms with E-state index >= 15 is 0 Å². The summed E-state index contributed by atoms with van der Waals surface area (Å²) >= 11 is 0. The summed E-state index contributed by atoms with van der Waals surface area (Å²) in [7, 11) is 4.29. The molecule has 1 N–H and O–H groups in total. The van der Waals surface area contributed by atoms with E-state index in [0.29, 0.717) is 6.54 Å². The first-order valence-electron chi connectivity index (χ1n) is 11.4. The molecule has 0 bridgehead atoms. The normalized spacial score (nSPS) is 18.2. The molecule has 6 nitrogen and oxygen atoms in total. The zero-order valence-corrected chi connectivity index (χ0v) is 19.0. The van der Waals surface area contributed by atoms with E-state index in [-0.39, 0.29) is 24.3 Å². The van der Waals surface area contributed by atoms with Crippen molar-refractivity contribution in [2.24, 2.45) is 0 Å². The fourth-order valence-corrected chi connectivity index (χ4v) is 4.57. The van der Waals surface area contributed by atoms with Gasteiger partial charge in [0.2, 0.25) is 0 Å². The number of piperazine rings is 1. The Morgan fingerprint density at radius 3 is 2.66 bits per heavy atom. The van der Waals surface area contributed by atoms with Crippen molar-refractivity contribution in [1.82, 2.24) is 15.1 Å². The van der Waals surface area contributed by atoms with Gasteiger partial charge in [-0.15, -0.1) is 0 Å². The maximum absolute atomic E-state index is 13.7. The van der Waals surface area contributed by atoms with E-state index in [4.69, 9.17) is 4.74 Å². The van der Waals surface area contributed by atoms with Crippen molar-refractivity contribution >= 4 is 11.6 Å². The van der Waals surface area contributed by atoms with E-state index in [0.717, 1.165) is 45.6 Å². The van der Waals surface area contributed by atoms with Gasteiger partial charge in [-0.3, -0.25) is 9.69 Å². The van der Waals surface area contributed by atoms with Crippen molar-refractivity contribution in [1.29, 1.82) is 0 Å². The molecule has 172 valence electrons. The molecule has 1 atom stereocenters. The van der Waals surface area contributed by atoms with Crippen LogP contribution in [0.4, 0.5) is 10.1 Å². The Morgan fingerprint density at radius 1 is 1.09 bits per heavy atom. The van der Waals surface area contributed by atoms with Gasteiger partial charge in [0.05, 0.1) is 6.04 Å². The smallest absolute Gasteiger partial charge is 0.258 e. The average Bonchev–Trinajstić information content (AvgIpc) is 2.80. The zero-order valence-electron chi connectivity index (χ0n) is 19.0. The molecule has 0 aliphatic carbocycles. The van der Waals surface area contributed by atoms with Crippen LogP contribution in [0.2, 0.25) is 0 Å². The second-order valence-electron chi connectivity index (χ2n) is 8.79. The lowest BCUT2D eigenvalue weighted by molar-refractivity contribution is -0.123. The van der Waals surface area contributed by atoms with Gasteiger partial charge >= 0.3 is 0 Å². The highest BCUT2D eigenvalue weighted by molar-refractivity contribution is 5.77. The number of benzene rings is 2. The van der Waals surface area contributed by atoms with Crippen LogP contribution in [0.1, 0.15) is 23.6 Å². The van der Waals surface area contributed by atoms with Crippen LogP contribution in [0.25, 0.3) is 0 Å². The molecule has 2 aliphatic heterocycles. The Bertz CT molecular complexity index is 930. The van der Waals surface area contributed by atoms with Crippen molar-refractivity contribution in [3.63, 3.8) is 0 Å². The molecule has 0 spiro atoms. The third kappa shape index (κ3) is 5.40. The van der Waals surface area contributed by atoms with E-state index < -0.39 is 5.82 Å². The van der Waals surface area contributed by atoms with Crippen LogP contribution in [0.5, 0.6) is 5.75 Å². The molecule has 32 heavy (non-hydrogen) atoms. The van der Waals surface area contributed by atoms with Crippen LogP contribution in [-0.4, -0.2) is 75.7 Å². The lowest BCUT2D eigenvalue weighted by atomic mass is 9.95. The first-order chi connectivity index (χ1) is 15.5. The number of aryl methyl sites for hydroxylation is 1. The van der Waals surface area contributed by atoms with Gasteiger partial charge in [0.1, 0.15) is 0 Å². The highest BCUT2D eigenvalue weighted by atomic mass is 19.1. The Balaban J connectivity index is 1.44. The fourth-order valence-electron chi connectivity index (χ4n) is 4.57. The largest absolute Gasteiger partial charge is 0.481 e. The summed E-state index contributed by atoms with van der Waals surface area (Å²) in [6, 6.07) is 13.0. The summed E-state index contributed by atoms with van der Waals surface area (Å²) in [4.78, 5) is 19.6. The quantitative estimate of drug-likeness (QED) is 0.718. The standard InChI is InChI=1S/C25H33FN4O2/c1-28-12-14-30(15-13-28)23(20-9-10-22-19(16-20)6-5-11-29(22)2)17-27-25(31)18-32-24-8-4-3-7-21(24)26/h3-4,7-10,16,23H,5-6,11-15,17-18H2,1-2H3,(H,27,31). The number of carbonyl (C=O) groups is 1. The molecule has 2 aliphatic rings. The third-order valence-electron chi connectivity index (χ3n) is 6.51. The number of carbonyl (C=O) groups excluding carboxylic acids is 1. The summed E-state index contributed by atoms with van der Waals surface area (Å²) in [5, 5.41) is 3.02. The number of anilines is 1. The summed E-state index contributed by atoms with van der Waals surface area (Å²) in [5.41, 5.74) is 3.92. The number of nitrogens with zero attached hydrogens (tertiary/aromatic N) is 3. The number of ether oxygens (including phenoxy) is 1. The van der Waals surface area contributed by atoms with Gasteiger partial charge < -0.3 is 19.9 Å². The number of para-hydroxylation sites is 1. The van der Waals surface area contributed by atoms with Crippen molar-refractivity contribution in [2.45, 2.75) is 18.9 Å². The molecule has 1 amide bonds. The number of rotatable bonds is 7. The summed E-state index contributed by atoms with van der Waals surface area (Å²) in [5.74, 6) is -0.614. The van der Waals surface area contributed by atoms with Crippen molar-refractivity contribution in [3.8, 4) is 5.75 Å². The van der Waals surface area contributed by atoms with Gasteiger partial charge in [-0.1, -0.05) is 24.3 Å². The molecule has 0 saturated carbocycles. The lowest BCUT2D eigenvalue weighted by Gasteiger charge is -2.39. The van der Waals surface area contributed by atoms with Crippen LogP contribution in [0, 0.1) is 5.82 Å². The number of fused-ring (bicyclic) bond motifs is 1. The molecule has 2 heterocycles. The summed E-state index contributed by atoms with van der Waals surface area (Å²) in [6.45, 7) is 5.32. The summed E-state index contributed by atoms with van der Waals surface area (Å²) in [6.07, 6.45) is 2.25. The summed E-state index contributed by atoms with van der Waals surface area (Å²) < 4.78 is 19.1. The highest BCUT2D eigenvalue weighted by Crippen LogP contribution is 2.31. The van der Waals surface area contributed by atoms with Gasteiger partial charge in [-0.2, -0.15) is 0 Å². The maximum Gasteiger partial charge on any atom is 0.258 e. The van der Waals surface area contributed by atoms with Crippen LogP contribution in [-0.2, 0) is 11.2 Å². The van der Waals surface area contributed by atoms with Gasteiger partial charge in [0.15, 0.2) is 18.2 Å². The predicted molar refractivity (Wildman–Crippen MR) is 125 cm³/mol. The molecular weight excluding hydrogens is 407 g/mol. The van der Waals surface area contributed by atoms with E-state index in [9.17, 15) is 9.18 Å². The second-order valence-corrected chi connectivity index (χ2v) is 8.79. The van der Waals surface area contributed by atoms with E-state index in [2.05, 4.69) is 52.3 Å². The molecule has 2 aromatic carbocycles. The fraction of sp³-hybridized carbons (Fsp3) is 0.480. The number of amides is 1. The zero-order chi connectivity index (χ0) is 22.5. The van der Waals surface area contributed by atoms with Crippen molar-refractivity contribution in [2.75, 3.05) is 64.9 Å². The Hall–Kier alpha value is -2.64. The molecular formula is C25H33FN4O2. The maximum atomic E-state index is 13.7. The van der Waals surface area contributed by atoms with Crippen LogP contribution >= 0.6 is 0 Å². The Morgan fingerprint density at radius 2 is 1.88 bits per heavy atom. The molecule has 4 rings (SSSR count). The minimum absolute atomic E-state index is 0.0945. The van der Waals surface area contributed by atoms with Crippen LogP contribution < -0.4 is 15.0 Å². The van der Waals surface area contributed by atoms with Crippen LogP contribution in [0.15, 0.2) is 42.5 Å². The van der Waals surface area contributed by atoms with Gasteiger partial charge in [-0.05, 0) is 49.2 Å². The number of halogens is 1. The predicted octanol–water partition coefficient (Wildman–Crippen LogP) is 2.69. The number of hydrogen-bond donors (Lipinski definition) is 1. The molecule has 1 fully saturated rings. The minimum atomic E-state index is -0.463. The SMILES string of the molecule is CN1CCN(C(CNC(=O)COc2ccccc2F)c2ccc3c(c2)CCCN3C)CC1. The van der Waals surface area contributed by atoms with Crippen molar-refractivity contribution in [3.05, 3.63) is 59.4 Å². The van der Waals surface area contributed by atoms with E-state index in [1.54, 1.807) is 12.1 Å². The van der Waals surface area contributed by atoms with E-state index in [1.165, 1.54) is 28.9 Å². The molecule has 2 aromatic rings. The number of hydrogen-bond acceptors (Lipinski definition) is 5. The van der Waals surface area contributed by atoms with Gasteiger partial charge in [0.25, 0.3) is 5.91 Å². The van der Waals surface area contributed by atoms with Crippen LogP contribution in [0.3, 0.4) is 0 Å². The number of nitrogens with one attached hydrogen (secondary N) is 1. The van der Waals surface area contributed by atoms with Gasteiger partial charge in [-0.25, -0.2) is 4.39 Å². The monoisotopic (exact) mass is 440 g/mol. The molecule has 0 radical (unpaired) electrons. The molecule has 1 unspecified atom stereocenters. The first kappa shape index (κ1) is 22.6. The Kier molecular flexibility index (Phi) is 7.27. The molecule has 0 aromatic heterocycles. The second kappa shape index (κ2) is 10.3. The van der Waals surface area contributed by atoms with E-state index in [1.807, 2.05) is 0 Å². The molecule has 1 saturated heterocycles. The van der Waals surface area contributed by atoms with Crippen molar-refractivity contribution < 1.29 is 13.9 Å². The molecule has 7 heteroatoms. The number of likely N-dealkylation sites (N-methyl/N-ethyl adjacent to an activating group) is 1. The lowest BCUT2D eigenvalue weighted by Crippen LogP contribution is -2.48. The van der Waals surface area contributed by atoms with Gasteiger partial charge in [0, 0.05) is 52.0 Å².